The number of carbonyl (C=O) groups is 2. The quantitative estimate of drug-likeness (QED) is 0.555. The average Bonchev–Trinajstić information content (AvgIpc) is 3.53. The van der Waals surface area contributed by atoms with Crippen LogP contribution in [0, 0.1) is 0 Å². The standard InChI is InChI=1S/C26H24N4O4/c1-33-26(32)29-14-12-28(13-15-29)21-9-7-19(8-10-21)17-23-24(20-11-16-34-18-20)27-30(25(23)31)22-5-3-2-4-6-22/h2-11,16-18H,12-15H2,1H3/b23-17-. The molecule has 0 unspecified atom stereocenters. The van der Waals surface area contributed by atoms with Crippen LogP contribution in [0.1, 0.15) is 11.1 Å². The molecule has 0 radical (unpaired) electrons. The van der Waals surface area contributed by atoms with Crippen LogP contribution in [0.25, 0.3) is 6.08 Å². The Bertz CT molecular complexity index is 1230. The van der Waals surface area contributed by atoms with Crippen molar-refractivity contribution >= 4 is 35.2 Å². The van der Waals surface area contributed by atoms with Crippen molar-refractivity contribution in [2.24, 2.45) is 5.10 Å². The number of nitrogens with zero attached hydrogens (tertiary/aromatic N) is 4. The summed E-state index contributed by atoms with van der Waals surface area (Å²) in [5.41, 5.74) is 4.50. The third-order valence-electron chi connectivity index (χ3n) is 5.96. The molecule has 172 valence electrons. The van der Waals surface area contributed by atoms with Crippen LogP contribution >= 0.6 is 0 Å². The van der Waals surface area contributed by atoms with Gasteiger partial charge >= 0.3 is 6.09 Å². The van der Waals surface area contributed by atoms with Crippen molar-refractivity contribution in [3.8, 4) is 0 Å². The van der Waals surface area contributed by atoms with Crippen molar-refractivity contribution in [2.75, 3.05) is 43.2 Å². The van der Waals surface area contributed by atoms with Crippen LogP contribution in [0.3, 0.4) is 0 Å². The maximum atomic E-state index is 13.3. The number of hydrazone groups is 1. The van der Waals surface area contributed by atoms with Gasteiger partial charge in [-0.25, -0.2) is 4.79 Å². The number of furan rings is 1. The van der Waals surface area contributed by atoms with Crippen LogP contribution in [0.15, 0.2) is 88.3 Å². The van der Waals surface area contributed by atoms with E-state index in [-0.39, 0.29) is 12.0 Å². The lowest BCUT2D eigenvalue weighted by atomic mass is 10.0. The van der Waals surface area contributed by atoms with E-state index in [1.54, 1.807) is 23.5 Å². The second-order valence-corrected chi connectivity index (χ2v) is 8.01. The summed E-state index contributed by atoms with van der Waals surface area (Å²) < 4.78 is 10.0. The zero-order valence-electron chi connectivity index (χ0n) is 18.8. The van der Waals surface area contributed by atoms with E-state index in [0.29, 0.717) is 30.1 Å². The Morgan fingerprint density at radius 2 is 1.71 bits per heavy atom. The maximum absolute atomic E-state index is 13.3. The lowest BCUT2D eigenvalue weighted by Gasteiger charge is -2.35. The van der Waals surface area contributed by atoms with Gasteiger partial charge in [0.1, 0.15) is 5.71 Å². The molecular weight excluding hydrogens is 432 g/mol. The molecule has 34 heavy (non-hydrogen) atoms. The van der Waals surface area contributed by atoms with Gasteiger partial charge in [0, 0.05) is 37.4 Å². The Morgan fingerprint density at radius 1 is 0.971 bits per heavy atom. The first-order chi connectivity index (χ1) is 16.6. The third kappa shape index (κ3) is 4.17. The van der Waals surface area contributed by atoms with Crippen molar-refractivity contribution in [1.29, 1.82) is 0 Å². The van der Waals surface area contributed by atoms with Crippen molar-refractivity contribution in [1.82, 2.24) is 4.90 Å². The zero-order chi connectivity index (χ0) is 23.5. The minimum atomic E-state index is -0.289. The molecular formula is C26H24N4O4. The summed E-state index contributed by atoms with van der Waals surface area (Å²) in [5.74, 6) is -0.189. The molecule has 8 nitrogen and oxygen atoms in total. The van der Waals surface area contributed by atoms with Crippen LogP contribution < -0.4 is 9.91 Å². The highest BCUT2D eigenvalue weighted by atomic mass is 16.5. The normalized spacial score (nSPS) is 17.3. The molecule has 1 fully saturated rings. The van der Waals surface area contributed by atoms with E-state index < -0.39 is 0 Å². The number of hydrogen-bond acceptors (Lipinski definition) is 6. The summed E-state index contributed by atoms with van der Waals surface area (Å²) in [6.45, 7) is 2.70. The summed E-state index contributed by atoms with van der Waals surface area (Å²) in [7, 11) is 1.40. The van der Waals surface area contributed by atoms with E-state index in [4.69, 9.17) is 9.15 Å². The van der Waals surface area contributed by atoms with E-state index >= 15 is 0 Å². The number of rotatable bonds is 4. The fourth-order valence-corrected chi connectivity index (χ4v) is 4.13. The Labute approximate surface area is 197 Å². The van der Waals surface area contributed by atoms with Gasteiger partial charge in [-0.2, -0.15) is 10.1 Å². The average molecular weight is 457 g/mol. The van der Waals surface area contributed by atoms with Gasteiger partial charge < -0.3 is 19.0 Å². The highest BCUT2D eigenvalue weighted by molar-refractivity contribution is 6.37. The van der Waals surface area contributed by atoms with Crippen LogP contribution in [0.5, 0.6) is 0 Å². The van der Waals surface area contributed by atoms with Gasteiger partial charge in [0.05, 0.1) is 30.9 Å². The lowest BCUT2D eigenvalue weighted by molar-refractivity contribution is -0.114. The van der Waals surface area contributed by atoms with Gasteiger partial charge in [-0.05, 0) is 42.0 Å². The molecule has 0 bridgehead atoms. The number of amides is 2. The molecule has 8 heteroatoms. The van der Waals surface area contributed by atoms with Crippen molar-refractivity contribution in [3.05, 3.63) is 89.9 Å². The van der Waals surface area contributed by atoms with Crippen molar-refractivity contribution < 1.29 is 18.7 Å². The SMILES string of the molecule is COC(=O)N1CCN(c2ccc(/C=C3\C(=O)N(c4ccccc4)N=C3c3ccoc3)cc2)CC1. The van der Waals surface area contributed by atoms with Gasteiger partial charge in [-0.15, -0.1) is 0 Å². The first-order valence-electron chi connectivity index (χ1n) is 11.0. The molecule has 3 heterocycles. The molecule has 2 aromatic carbocycles. The number of ether oxygens (including phenoxy) is 1. The molecule has 0 aliphatic carbocycles. The number of carbonyl (C=O) groups excluding carboxylic acids is 2. The maximum Gasteiger partial charge on any atom is 0.409 e. The fraction of sp³-hybridized carbons (Fsp3) is 0.192. The van der Waals surface area contributed by atoms with Gasteiger partial charge in [0.25, 0.3) is 5.91 Å². The van der Waals surface area contributed by atoms with Crippen LogP contribution in [0.4, 0.5) is 16.2 Å². The van der Waals surface area contributed by atoms with Crippen LogP contribution in [0.2, 0.25) is 0 Å². The van der Waals surface area contributed by atoms with E-state index in [0.717, 1.165) is 29.9 Å². The fourth-order valence-electron chi connectivity index (χ4n) is 4.13. The Balaban J connectivity index is 1.37. The monoisotopic (exact) mass is 456 g/mol. The van der Waals surface area contributed by atoms with E-state index in [9.17, 15) is 9.59 Å². The second-order valence-electron chi connectivity index (χ2n) is 8.01. The van der Waals surface area contributed by atoms with Gasteiger partial charge in [-0.1, -0.05) is 30.3 Å². The number of piperazine rings is 1. The lowest BCUT2D eigenvalue weighted by Crippen LogP contribution is -2.48. The van der Waals surface area contributed by atoms with Gasteiger partial charge in [-0.3, -0.25) is 4.79 Å². The smallest absolute Gasteiger partial charge is 0.409 e. The second kappa shape index (κ2) is 9.27. The number of benzene rings is 2. The summed E-state index contributed by atoms with van der Waals surface area (Å²) in [6, 6.07) is 19.2. The minimum absolute atomic E-state index is 0.189. The first-order valence-corrected chi connectivity index (χ1v) is 11.0. The molecule has 1 saturated heterocycles. The molecule has 5 rings (SSSR count). The molecule has 2 amide bonds. The number of hydrogen-bond donors (Lipinski definition) is 0. The number of anilines is 2. The van der Waals surface area contributed by atoms with Gasteiger partial charge in [0.15, 0.2) is 0 Å². The zero-order valence-corrected chi connectivity index (χ0v) is 18.8. The largest absolute Gasteiger partial charge is 0.472 e. The molecule has 0 saturated carbocycles. The van der Waals surface area contributed by atoms with Crippen LogP contribution in [-0.4, -0.2) is 55.9 Å². The highest BCUT2D eigenvalue weighted by Crippen LogP contribution is 2.28. The molecule has 2 aliphatic rings. The molecule has 0 N–H and O–H groups in total. The number of para-hydroxylation sites is 1. The van der Waals surface area contributed by atoms with Gasteiger partial charge in [0.2, 0.25) is 0 Å². The van der Waals surface area contributed by atoms with E-state index in [1.807, 2.05) is 60.7 Å². The molecule has 0 atom stereocenters. The van der Waals surface area contributed by atoms with Crippen molar-refractivity contribution in [2.45, 2.75) is 0 Å². The highest BCUT2D eigenvalue weighted by Gasteiger charge is 2.32. The third-order valence-corrected chi connectivity index (χ3v) is 5.96. The van der Waals surface area contributed by atoms with Crippen LogP contribution in [-0.2, 0) is 9.53 Å². The topological polar surface area (TPSA) is 78.6 Å². The molecule has 3 aromatic rings. The number of methoxy groups -OCH3 is 1. The Kier molecular flexibility index (Phi) is 5.86. The first kappa shape index (κ1) is 21.5. The molecule has 1 aromatic heterocycles. The predicted molar refractivity (Wildman–Crippen MR) is 130 cm³/mol. The van der Waals surface area contributed by atoms with Crippen molar-refractivity contribution in [3.63, 3.8) is 0 Å². The van der Waals surface area contributed by atoms with E-state index in [2.05, 4.69) is 10.0 Å². The summed E-state index contributed by atoms with van der Waals surface area (Å²) in [5, 5.41) is 6.02. The summed E-state index contributed by atoms with van der Waals surface area (Å²) in [6.07, 6.45) is 4.73. The Hall–Kier alpha value is -4.33. The summed E-state index contributed by atoms with van der Waals surface area (Å²) >= 11 is 0. The summed E-state index contributed by atoms with van der Waals surface area (Å²) in [4.78, 5) is 28.9. The molecule has 2 aliphatic heterocycles. The minimum Gasteiger partial charge on any atom is -0.472 e. The predicted octanol–water partition coefficient (Wildman–Crippen LogP) is 4.00. The molecule has 0 spiro atoms. The van der Waals surface area contributed by atoms with E-state index in [1.165, 1.54) is 12.1 Å². The Morgan fingerprint density at radius 3 is 2.35 bits per heavy atom.